The Bertz CT molecular complexity index is 320. The van der Waals surface area contributed by atoms with Gasteiger partial charge in [0.05, 0.1) is 12.7 Å². The minimum atomic E-state index is -1.15. The van der Waals surface area contributed by atoms with Crippen molar-refractivity contribution in [3.8, 4) is 0 Å². The fourth-order valence-electron chi connectivity index (χ4n) is 0.934. The predicted octanol–water partition coefficient (Wildman–Crippen LogP) is 0.0201. The average Bonchev–Trinajstić information content (AvgIpc) is 2.54. The van der Waals surface area contributed by atoms with Crippen molar-refractivity contribution >= 4 is 17.8 Å². The van der Waals surface area contributed by atoms with E-state index < -0.39 is 17.9 Å². The first-order chi connectivity index (χ1) is 6.59. The first-order valence-corrected chi connectivity index (χ1v) is 3.90. The Balaban J connectivity index is 2.60. The highest BCUT2D eigenvalue weighted by Crippen LogP contribution is 2.09. The molecule has 0 radical (unpaired) electrons. The summed E-state index contributed by atoms with van der Waals surface area (Å²) in [6, 6.07) is 2.10. The maximum absolute atomic E-state index is 10.6. The van der Waals surface area contributed by atoms with Crippen molar-refractivity contribution in [1.82, 2.24) is 0 Å². The van der Waals surface area contributed by atoms with E-state index in [9.17, 15) is 9.59 Å². The monoisotopic (exact) mass is 198 g/mol. The zero-order valence-electron chi connectivity index (χ0n) is 7.27. The molecule has 0 saturated carbocycles. The van der Waals surface area contributed by atoms with Crippen LogP contribution < -0.4 is 11.1 Å². The van der Waals surface area contributed by atoms with E-state index in [1.165, 1.54) is 6.26 Å². The van der Waals surface area contributed by atoms with Crippen molar-refractivity contribution in [3.05, 3.63) is 18.4 Å². The van der Waals surface area contributed by atoms with Gasteiger partial charge in [0.1, 0.15) is 6.04 Å². The number of primary amides is 1. The molecule has 0 aliphatic carbocycles. The van der Waals surface area contributed by atoms with Crippen molar-refractivity contribution < 1.29 is 19.1 Å². The van der Waals surface area contributed by atoms with E-state index in [0.717, 1.165) is 0 Å². The van der Waals surface area contributed by atoms with Crippen LogP contribution in [0.1, 0.15) is 6.42 Å². The number of furan rings is 1. The topological polar surface area (TPSA) is 106 Å². The minimum absolute atomic E-state index is 0.282. The van der Waals surface area contributed by atoms with Crippen molar-refractivity contribution in [3.63, 3.8) is 0 Å². The summed E-state index contributed by atoms with van der Waals surface area (Å²) in [7, 11) is 0. The van der Waals surface area contributed by atoms with Crippen LogP contribution in [0.5, 0.6) is 0 Å². The van der Waals surface area contributed by atoms with Crippen LogP contribution in [0.2, 0.25) is 0 Å². The molecule has 76 valence electrons. The fraction of sp³-hybridized carbons (Fsp3) is 0.250. The third kappa shape index (κ3) is 2.81. The number of nitrogens with two attached hydrogens (primary N) is 1. The Morgan fingerprint density at radius 3 is 2.79 bits per heavy atom. The fourth-order valence-corrected chi connectivity index (χ4v) is 0.934. The van der Waals surface area contributed by atoms with E-state index >= 15 is 0 Å². The van der Waals surface area contributed by atoms with E-state index in [0.29, 0.717) is 5.88 Å². The van der Waals surface area contributed by atoms with Gasteiger partial charge in [0, 0.05) is 6.07 Å². The molecular weight excluding hydrogens is 188 g/mol. The highest BCUT2D eigenvalue weighted by atomic mass is 16.4. The zero-order valence-corrected chi connectivity index (χ0v) is 7.27. The van der Waals surface area contributed by atoms with Gasteiger partial charge >= 0.3 is 5.97 Å². The lowest BCUT2D eigenvalue weighted by Crippen LogP contribution is -2.33. The number of anilines is 1. The molecule has 1 aromatic rings. The number of hydrogen-bond acceptors (Lipinski definition) is 4. The summed E-state index contributed by atoms with van der Waals surface area (Å²) in [5.41, 5.74) is 4.89. The van der Waals surface area contributed by atoms with E-state index in [1.54, 1.807) is 12.1 Å². The average molecular weight is 198 g/mol. The first kappa shape index (κ1) is 10.1. The maximum Gasteiger partial charge on any atom is 0.326 e. The van der Waals surface area contributed by atoms with Crippen LogP contribution >= 0.6 is 0 Å². The Hall–Kier alpha value is -1.98. The number of rotatable bonds is 5. The van der Waals surface area contributed by atoms with Gasteiger partial charge in [-0.25, -0.2) is 4.79 Å². The third-order valence-corrected chi connectivity index (χ3v) is 1.54. The number of nitrogens with one attached hydrogen (secondary N) is 1. The van der Waals surface area contributed by atoms with Crippen LogP contribution in [-0.2, 0) is 9.59 Å². The molecule has 6 heteroatoms. The highest BCUT2D eigenvalue weighted by molar-refractivity contribution is 5.85. The minimum Gasteiger partial charge on any atom is -0.480 e. The lowest BCUT2D eigenvalue weighted by Gasteiger charge is -2.10. The summed E-state index contributed by atoms with van der Waals surface area (Å²) in [5.74, 6) is -1.55. The summed E-state index contributed by atoms with van der Waals surface area (Å²) in [6.45, 7) is 0. The number of carboxylic acids is 1. The van der Waals surface area contributed by atoms with Crippen LogP contribution in [-0.4, -0.2) is 23.0 Å². The Morgan fingerprint density at radius 1 is 1.64 bits per heavy atom. The van der Waals surface area contributed by atoms with Crippen molar-refractivity contribution in [2.75, 3.05) is 5.32 Å². The number of amides is 1. The van der Waals surface area contributed by atoms with Gasteiger partial charge in [-0.3, -0.25) is 4.79 Å². The van der Waals surface area contributed by atoms with Gasteiger partial charge in [0.2, 0.25) is 5.91 Å². The Labute approximate surface area is 79.7 Å². The molecule has 4 N–H and O–H groups in total. The molecule has 1 amide bonds. The van der Waals surface area contributed by atoms with Gasteiger partial charge in [0.25, 0.3) is 0 Å². The van der Waals surface area contributed by atoms with E-state index in [-0.39, 0.29) is 6.42 Å². The second kappa shape index (κ2) is 4.31. The molecule has 0 unspecified atom stereocenters. The molecule has 6 nitrogen and oxygen atoms in total. The van der Waals surface area contributed by atoms with Crippen LogP contribution in [0.25, 0.3) is 0 Å². The molecule has 1 heterocycles. The standard InChI is InChI=1S/C8H10N2O4/c9-6(11)4-5(8(12)13)10-7-2-1-3-14-7/h1-3,5,10H,4H2,(H2,9,11)(H,12,13)/t5-/m0/s1. The normalized spacial score (nSPS) is 12.0. The van der Waals surface area contributed by atoms with Gasteiger partial charge in [-0.1, -0.05) is 0 Å². The number of carboxylic acid groups (broad SMARTS) is 1. The van der Waals surface area contributed by atoms with Crippen LogP contribution in [0.3, 0.4) is 0 Å². The van der Waals surface area contributed by atoms with Crippen LogP contribution in [0.15, 0.2) is 22.8 Å². The summed E-state index contributed by atoms with van der Waals surface area (Å²) in [5, 5.41) is 11.2. The van der Waals surface area contributed by atoms with Crippen molar-refractivity contribution in [2.45, 2.75) is 12.5 Å². The predicted molar refractivity (Wildman–Crippen MR) is 47.6 cm³/mol. The van der Waals surface area contributed by atoms with Gasteiger partial charge < -0.3 is 20.6 Å². The molecule has 14 heavy (non-hydrogen) atoms. The van der Waals surface area contributed by atoms with Crippen molar-refractivity contribution in [2.24, 2.45) is 5.73 Å². The molecule has 0 aromatic carbocycles. The molecule has 1 atom stereocenters. The molecule has 0 saturated heterocycles. The second-order valence-corrected chi connectivity index (χ2v) is 2.68. The zero-order chi connectivity index (χ0) is 10.6. The molecule has 1 rings (SSSR count). The maximum atomic E-state index is 10.6. The number of carbonyl (C=O) groups excluding carboxylic acids is 1. The molecule has 1 aromatic heterocycles. The van der Waals surface area contributed by atoms with Gasteiger partial charge in [-0.05, 0) is 6.07 Å². The SMILES string of the molecule is NC(=O)C[C@H](Nc1ccco1)C(=O)O. The summed E-state index contributed by atoms with van der Waals surface area (Å²) in [4.78, 5) is 21.2. The highest BCUT2D eigenvalue weighted by Gasteiger charge is 2.20. The third-order valence-electron chi connectivity index (χ3n) is 1.54. The van der Waals surface area contributed by atoms with Gasteiger partial charge in [-0.2, -0.15) is 0 Å². The van der Waals surface area contributed by atoms with Crippen molar-refractivity contribution in [1.29, 1.82) is 0 Å². The summed E-state index contributed by atoms with van der Waals surface area (Å²) >= 11 is 0. The summed E-state index contributed by atoms with van der Waals surface area (Å²) in [6.07, 6.45) is 1.11. The Morgan fingerprint density at radius 2 is 2.36 bits per heavy atom. The Kier molecular flexibility index (Phi) is 3.11. The first-order valence-electron chi connectivity index (χ1n) is 3.90. The quantitative estimate of drug-likeness (QED) is 0.618. The molecular formula is C8H10N2O4. The lowest BCUT2D eigenvalue weighted by molar-refractivity contribution is -0.139. The van der Waals surface area contributed by atoms with E-state index in [4.69, 9.17) is 15.3 Å². The molecule has 0 spiro atoms. The summed E-state index contributed by atoms with van der Waals surface area (Å²) < 4.78 is 4.87. The second-order valence-electron chi connectivity index (χ2n) is 2.68. The van der Waals surface area contributed by atoms with E-state index in [1.807, 2.05) is 0 Å². The van der Waals surface area contributed by atoms with Crippen LogP contribution in [0.4, 0.5) is 5.88 Å². The molecule has 0 aliphatic heterocycles. The number of hydrogen-bond donors (Lipinski definition) is 3. The van der Waals surface area contributed by atoms with Gasteiger partial charge in [-0.15, -0.1) is 0 Å². The van der Waals surface area contributed by atoms with E-state index in [2.05, 4.69) is 5.32 Å². The van der Waals surface area contributed by atoms with Gasteiger partial charge in [0.15, 0.2) is 5.88 Å². The smallest absolute Gasteiger partial charge is 0.326 e. The lowest BCUT2D eigenvalue weighted by atomic mass is 10.2. The van der Waals surface area contributed by atoms with Crippen LogP contribution in [0, 0.1) is 0 Å². The largest absolute Gasteiger partial charge is 0.480 e. The molecule has 0 fully saturated rings. The number of aliphatic carboxylic acids is 1. The molecule has 0 bridgehead atoms. The molecule has 0 aliphatic rings. The number of carbonyl (C=O) groups is 2.